The summed E-state index contributed by atoms with van der Waals surface area (Å²) in [7, 11) is 1.46. The molecule has 0 aliphatic heterocycles. The van der Waals surface area contributed by atoms with Crippen LogP contribution < -0.4 is 4.74 Å². The normalized spacial score (nSPS) is 17.4. The van der Waals surface area contributed by atoms with E-state index >= 15 is 0 Å². The van der Waals surface area contributed by atoms with Gasteiger partial charge in [-0.05, 0) is 42.5 Å². The van der Waals surface area contributed by atoms with Gasteiger partial charge in [-0.15, -0.1) is 0 Å². The van der Waals surface area contributed by atoms with Crippen LogP contribution in [-0.2, 0) is 9.53 Å². The smallest absolute Gasteiger partial charge is 0.347 e. The van der Waals surface area contributed by atoms with Gasteiger partial charge in [0.25, 0.3) is 0 Å². The standard InChI is InChI=1S/C16H21ClO4/c1-20-10-15(16(18)19)21-14-8-7-12(17)9-13(14)11-5-3-2-4-6-11/h7-9,11,15H,2-6,10H2,1H3,(H,18,19). The molecule has 0 radical (unpaired) electrons. The Kier molecular flexibility index (Phi) is 5.88. The molecule has 21 heavy (non-hydrogen) atoms. The van der Waals surface area contributed by atoms with Gasteiger partial charge in [-0.3, -0.25) is 0 Å². The third-order valence-corrected chi connectivity index (χ3v) is 4.11. The monoisotopic (exact) mass is 312 g/mol. The van der Waals surface area contributed by atoms with Gasteiger partial charge in [0.1, 0.15) is 5.75 Å². The van der Waals surface area contributed by atoms with E-state index < -0.39 is 12.1 Å². The lowest BCUT2D eigenvalue weighted by molar-refractivity contribution is -0.147. The van der Waals surface area contributed by atoms with Gasteiger partial charge in [-0.25, -0.2) is 4.79 Å². The average molecular weight is 313 g/mol. The molecule has 1 aliphatic rings. The Bertz CT molecular complexity index is 483. The molecule has 0 saturated heterocycles. The second-order valence-corrected chi connectivity index (χ2v) is 5.85. The first-order chi connectivity index (χ1) is 10.1. The number of ether oxygens (including phenoxy) is 2. The number of carbonyl (C=O) groups is 1. The highest BCUT2D eigenvalue weighted by Gasteiger charge is 2.24. The quantitative estimate of drug-likeness (QED) is 0.866. The molecule has 116 valence electrons. The number of carboxylic acid groups (broad SMARTS) is 1. The van der Waals surface area contributed by atoms with Crippen molar-refractivity contribution in [1.29, 1.82) is 0 Å². The van der Waals surface area contributed by atoms with Crippen LogP contribution in [0.2, 0.25) is 5.02 Å². The highest BCUT2D eigenvalue weighted by atomic mass is 35.5. The maximum atomic E-state index is 11.2. The molecule has 1 aromatic carbocycles. The lowest BCUT2D eigenvalue weighted by atomic mass is 9.83. The van der Waals surface area contributed by atoms with Crippen molar-refractivity contribution in [3.63, 3.8) is 0 Å². The van der Waals surface area contributed by atoms with E-state index in [9.17, 15) is 9.90 Å². The predicted octanol–water partition coefficient (Wildman–Crippen LogP) is 3.87. The first kappa shape index (κ1) is 16.1. The molecular weight excluding hydrogens is 292 g/mol. The summed E-state index contributed by atoms with van der Waals surface area (Å²) >= 11 is 6.10. The van der Waals surface area contributed by atoms with Crippen LogP contribution in [0.25, 0.3) is 0 Å². The average Bonchev–Trinajstić information content (AvgIpc) is 2.49. The maximum Gasteiger partial charge on any atom is 0.347 e. The molecule has 1 aromatic rings. The molecule has 0 heterocycles. The molecule has 1 atom stereocenters. The van der Waals surface area contributed by atoms with Crippen molar-refractivity contribution >= 4 is 17.6 Å². The van der Waals surface area contributed by atoms with Crippen LogP contribution in [0, 0.1) is 0 Å². The van der Waals surface area contributed by atoms with Crippen LogP contribution in [0.1, 0.15) is 43.6 Å². The number of hydrogen-bond acceptors (Lipinski definition) is 3. The zero-order valence-electron chi connectivity index (χ0n) is 12.2. The summed E-state index contributed by atoms with van der Waals surface area (Å²) in [5, 5.41) is 9.84. The zero-order chi connectivity index (χ0) is 15.2. The van der Waals surface area contributed by atoms with Gasteiger partial charge in [-0.2, -0.15) is 0 Å². The van der Waals surface area contributed by atoms with E-state index in [1.807, 2.05) is 6.07 Å². The van der Waals surface area contributed by atoms with Crippen LogP contribution in [0.4, 0.5) is 0 Å². The predicted molar refractivity (Wildman–Crippen MR) is 81.2 cm³/mol. The Labute approximate surface area is 130 Å². The molecule has 1 unspecified atom stereocenters. The molecule has 0 aromatic heterocycles. The summed E-state index contributed by atoms with van der Waals surface area (Å²) < 4.78 is 10.6. The van der Waals surface area contributed by atoms with E-state index in [2.05, 4.69) is 0 Å². The van der Waals surface area contributed by atoms with Gasteiger partial charge >= 0.3 is 5.97 Å². The zero-order valence-corrected chi connectivity index (χ0v) is 12.9. The minimum absolute atomic E-state index is 0.0159. The van der Waals surface area contributed by atoms with E-state index in [1.54, 1.807) is 12.1 Å². The molecule has 1 N–H and O–H groups in total. The Morgan fingerprint density at radius 2 is 2.10 bits per heavy atom. The highest BCUT2D eigenvalue weighted by Crippen LogP contribution is 2.39. The summed E-state index contributed by atoms with van der Waals surface area (Å²) in [6.45, 7) is 0.0159. The molecule has 0 bridgehead atoms. The molecule has 1 fully saturated rings. The summed E-state index contributed by atoms with van der Waals surface area (Å²) in [5.74, 6) is -0.0263. The Hall–Kier alpha value is -1.26. The lowest BCUT2D eigenvalue weighted by Crippen LogP contribution is -2.32. The van der Waals surface area contributed by atoms with E-state index in [0.717, 1.165) is 18.4 Å². The number of carboxylic acids is 1. The topological polar surface area (TPSA) is 55.8 Å². The second kappa shape index (κ2) is 7.66. The van der Waals surface area contributed by atoms with Gasteiger partial charge in [0.15, 0.2) is 0 Å². The molecule has 5 heteroatoms. The fourth-order valence-corrected chi connectivity index (χ4v) is 3.00. The second-order valence-electron chi connectivity index (χ2n) is 5.42. The van der Waals surface area contributed by atoms with E-state index in [-0.39, 0.29) is 6.61 Å². The SMILES string of the molecule is COCC(Oc1ccc(Cl)cc1C1CCCCC1)C(=O)O. The van der Waals surface area contributed by atoms with E-state index in [0.29, 0.717) is 16.7 Å². The number of halogens is 1. The van der Waals surface area contributed by atoms with E-state index in [1.165, 1.54) is 26.4 Å². The molecule has 4 nitrogen and oxygen atoms in total. The third kappa shape index (κ3) is 4.35. The Morgan fingerprint density at radius 3 is 2.71 bits per heavy atom. The van der Waals surface area contributed by atoms with Crippen LogP contribution in [-0.4, -0.2) is 30.9 Å². The van der Waals surface area contributed by atoms with Gasteiger partial charge in [0.2, 0.25) is 6.10 Å². The van der Waals surface area contributed by atoms with Crippen molar-refractivity contribution in [2.24, 2.45) is 0 Å². The van der Waals surface area contributed by atoms with Gasteiger partial charge < -0.3 is 14.6 Å². The summed E-state index contributed by atoms with van der Waals surface area (Å²) in [6, 6.07) is 5.39. The fourth-order valence-electron chi connectivity index (χ4n) is 2.82. The van der Waals surface area contributed by atoms with Crippen molar-refractivity contribution in [3.05, 3.63) is 28.8 Å². The third-order valence-electron chi connectivity index (χ3n) is 3.88. The van der Waals surface area contributed by atoms with Crippen LogP contribution >= 0.6 is 11.6 Å². The minimum atomic E-state index is -1.03. The fraction of sp³-hybridized carbons (Fsp3) is 0.562. The van der Waals surface area contributed by atoms with Gasteiger partial charge in [0.05, 0.1) is 6.61 Å². The van der Waals surface area contributed by atoms with E-state index in [4.69, 9.17) is 21.1 Å². The summed E-state index contributed by atoms with van der Waals surface area (Å²) in [5.41, 5.74) is 1.02. The van der Waals surface area contributed by atoms with Crippen LogP contribution in [0.15, 0.2) is 18.2 Å². The summed E-state index contributed by atoms with van der Waals surface area (Å²) in [6.07, 6.45) is 4.83. The van der Waals surface area contributed by atoms with Crippen LogP contribution in [0.3, 0.4) is 0 Å². The Morgan fingerprint density at radius 1 is 1.38 bits per heavy atom. The number of hydrogen-bond donors (Lipinski definition) is 1. The number of rotatable bonds is 6. The lowest BCUT2D eigenvalue weighted by Gasteiger charge is -2.25. The molecule has 1 saturated carbocycles. The molecule has 1 aliphatic carbocycles. The maximum absolute atomic E-state index is 11.2. The summed E-state index contributed by atoms with van der Waals surface area (Å²) in [4.78, 5) is 11.2. The van der Waals surface area contributed by atoms with Crippen molar-refractivity contribution in [1.82, 2.24) is 0 Å². The molecule has 0 amide bonds. The largest absolute Gasteiger partial charge is 0.478 e. The first-order valence-corrected chi connectivity index (χ1v) is 7.67. The van der Waals surface area contributed by atoms with Gasteiger partial charge in [-0.1, -0.05) is 30.9 Å². The Balaban J connectivity index is 2.23. The first-order valence-electron chi connectivity index (χ1n) is 7.29. The number of benzene rings is 1. The van der Waals surface area contributed by atoms with Gasteiger partial charge in [0, 0.05) is 12.1 Å². The number of aliphatic carboxylic acids is 1. The molecule has 2 rings (SSSR count). The van der Waals surface area contributed by atoms with Crippen LogP contribution in [0.5, 0.6) is 5.75 Å². The van der Waals surface area contributed by atoms with Crippen molar-refractivity contribution < 1.29 is 19.4 Å². The van der Waals surface area contributed by atoms with Crippen molar-refractivity contribution in [2.45, 2.75) is 44.1 Å². The highest BCUT2D eigenvalue weighted by molar-refractivity contribution is 6.30. The van der Waals surface area contributed by atoms with Crippen molar-refractivity contribution in [3.8, 4) is 5.75 Å². The molecular formula is C16H21ClO4. The number of methoxy groups -OCH3 is 1. The molecule has 0 spiro atoms. The van der Waals surface area contributed by atoms with Crippen molar-refractivity contribution in [2.75, 3.05) is 13.7 Å². The minimum Gasteiger partial charge on any atom is -0.478 e.